The molecular formula is C27H44O4. The van der Waals surface area contributed by atoms with E-state index in [0.29, 0.717) is 19.4 Å². The zero-order chi connectivity index (χ0) is 22.5. The lowest BCUT2D eigenvalue weighted by atomic mass is 9.96. The lowest BCUT2D eigenvalue weighted by Gasteiger charge is -2.42. The Bertz CT molecular complexity index is 601. The number of hydrogen-bond acceptors (Lipinski definition) is 4. The molecule has 0 radical (unpaired) electrons. The Balaban J connectivity index is 1.93. The number of aliphatic hydroxyl groups is 1. The van der Waals surface area contributed by atoms with Gasteiger partial charge in [-0.15, -0.1) is 6.58 Å². The van der Waals surface area contributed by atoms with Crippen molar-refractivity contribution >= 4 is 0 Å². The Kier molecular flexibility index (Phi) is 11.8. The van der Waals surface area contributed by atoms with Crippen molar-refractivity contribution in [1.82, 2.24) is 0 Å². The van der Waals surface area contributed by atoms with Crippen LogP contribution in [0.3, 0.4) is 0 Å². The van der Waals surface area contributed by atoms with Crippen molar-refractivity contribution in [3.05, 3.63) is 48.6 Å². The maximum atomic E-state index is 10.4. The second-order valence-electron chi connectivity index (χ2n) is 9.39. The third-order valence-electron chi connectivity index (χ3n) is 5.88. The molecule has 1 fully saturated rings. The van der Waals surface area contributed by atoms with Gasteiger partial charge in [-0.05, 0) is 38.7 Å². The van der Waals surface area contributed by atoms with Crippen LogP contribution in [0.1, 0.15) is 90.5 Å². The summed E-state index contributed by atoms with van der Waals surface area (Å²) < 4.78 is 18.7. The van der Waals surface area contributed by atoms with Gasteiger partial charge in [-0.3, -0.25) is 0 Å². The minimum Gasteiger partial charge on any atom is -0.393 e. The summed E-state index contributed by atoms with van der Waals surface area (Å²) in [6.07, 6.45) is 11.8. The molecule has 1 N–H and O–H groups in total. The van der Waals surface area contributed by atoms with Crippen molar-refractivity contribution < 1.29 is 19.3 Å². The van der Waals surface area contributed by atoms with Crippen LogP contribution in [-0.4, -0.2) is 35.3 Å². The van der Waals surface area contributed by atoms with Crippen LogP contribution in [0.15, 0.2) is 43.0 Å². The number of aliphatic hydroxyl groups excluding tert-OH is 1. The fourth-order valence-corrected chi connectivity index (χ4v) is 4.42. The predicted molar refractivity (Wildman–Crippen MR) is 127 cm³/mol. The van der Waals surface area contributed by atoms with Crippen LogP contribution >= 0.6 is 0 Å². The van der Waals surface area contributed by atoms with Gasteiger partial charge in [-0.25, -0.2) is 0 Å². The topological polar surface area (TPSA) is 47.9 Å². The van der Waals surface area contributed by atoms with E-state index in [1.54, 1.807) is 6.08 Å². The molecule has 1 aromatic carbocycles. The van der Waals surface area contributed by atoms with E-state index in [1.165, 1.54) is 32.1 Å². The molecule has 31 heavy (non-hydrogen) atoms. The summed E-state index contributed by atoms with van der Waals surface area (Å²) >= 11 is 0. The van der Waals surface area contributed by atoms with E-state index < -0.39 is 11.9 Å². The molecule has 0 amide bonds. The van der Waals surface area contributed by atoms with Gasteiger partial charge in [0.25, 0.3) is 0 Å². The fourth-order valence-electron chi connectivity index (χ4n) is 4.42. The third kappa shape index (κ3) is 10.8. The maximum absolute atomic E-state index is 10.4. The van der Waals surface area contributed by atoms with Crippen molar-refractivity contribution in [2.24, 2.45) is 0 Å². The van der Waals surface area contributed by atoms with E-state index in [4.69, 9.17) is 14.2 Å². The predicted octanol–water partition coefficient (Wildman–Crippen LogP) is 6.56. The highest BCUT2D eigenvalue weighted by molar-refractivity contribution is 5.13. The average Bonchev–Trinajstić information content (AvgIpc) is 2.72. The number of hydrogen-bond donors (Lipinski definition) is 1. The summed E-state index contributed by atoms with van der Waals surface area (Å²) in [7, 11) is 0. The zero-order valence-electron chi connectivity index (χ0n) is 19.9. The van der Waals surface area contributed by atoms with Gasteiger partial charge in [0.2, 0.25) is 0 Å². The van der Waals surface area contributed by atoms with Gasteiger partial charge >= 0.3 is 0 Å². The number of ether oxygens (including phenoxy) is 3. The van der Waals surface area contributed by atoms with E-state index in [-0.39, 0.29) is 18.3 Å². The van der Waals surface area contributed by atoms with E-state index >= 15 is 0 Å². The van der Waals surface area contributed by atoms with Gasteiger partial charge in [0.15, 0.2) is 5.79 Å². The Hall–Kier alpha value is -1.20. The van der Waals surface area contributed by atoms with Crippen molar-refractivity contribution in [2.75, 3.05) is 0 Å². The molecule has 1 aromatic rings. The Morgan fingerprint density at radius 1 is 1.13 bits per heavy atom. The largest absolute Gasteiger partial charge is 0.393 e. The number of benzene rings is 1. The number of unbranched alkanes of at least 4 members (excludes halogenated alkanes) is 4. The molecule has 0 aromatic heterocycles. The second kappa shape index (κ2) is 14.1. The molecule has 1 unspecified atom stereocenters. The molecule has 1 saturated heterocycles. The van der Waals surface area contributed by atoms with Gasteiger partial charge in [-0.1, -0.05) is 75.4 Å². The average molecular weight is 433 g/mol. The van der Waals surface area contributed by atoms with E-state index in [2.05, 4.69) is 25.6 Å². The molecule has 4 heteroatoms. The summed E-state index contributed by atoms with van der Waals surface area (Å²) in [5.74, 6) is -0.583. The van der Waals surface area contributed by atoms with Gasteiger partial charge in [0.05, 0.1) is 31.0 Å². The Morgan fingerprint density at radius 3 is 2.55 bits per heavy atom. The normalized spacial score (nSPS) is 22.7. The maximum Gasteiger partial charge on any atom is 0.163 e. The minimum absolute atomic E-state index is 0.0701. The van der Waals surface area contributed by atoms with E-state index in [9.17, 15) is 5.11 Å². The van der Waals surface area contributed by atoms with Crippen LogP contribution in [0.5, 0.6) is 0 Å². The summed E-state index contributed by atoms with van der Waals surface area (Å²) in [6, 6.07) is 10.2. The first kappa shape index (κ1) is 26.1. The molecule has 0 saturated carbocycles. The minimum atomic E-state index is -0.583. The summed E-state index contributed by atoms with van der Waals surface area (Å²) in [5, 5.41) is 10.4. The van der Waals surface area contributed by atoms with Crippen molar-refractivity contribution in [2.45, 2.75) is 122 Å². The lowest BCUT2D eigenvalue weighted by Crippen LogP contribution is -2.46. The zero-order valence-corrected chi connectivity index (χ0v) is 19.9. The molecule has 0 bridgehead atoms. The molecule has 4 atom stereocenters. The van der Waals surface area contributed by atoms with Crippen LogP contribution < -0.4 is 0 Å². The first-order chi connectivity index (χ1) is 14.9. The highest BCUT2D eigenvalue weighted by atomic mass is 16.7. The Labute approximate surface area is 190 Å². The summed E-state index contributed by atoms with van der Waals surface area (Å²) in [6.45, 7) is 10.6. The highest BCUT2D eigenvalue weighted by Crippen LogP contribution is 2.32. The molecule has 1 aliphatic heterocycles. The van der Waals surface area contributed by atoms with Crippen LogP contribution in [0.25, 0.3) is 0 Å². The first-order valence-electron chi connectivity index (χ1n) is 12.2. The second-order valence-corrected chi connectivity index (χ2v) is 9.39. The van der Waals surface area contributed by atoms with Crippen LogP contribution in [0, 0.1) is 0 Å². The van der Waals surface area contributed by atoms with Crippen LogP contribution in [0.4, 0.5) is 0 Å². The standard InChI is InChI=1S/C27H44O4/c1-5-7-8-9-13-17-24-19-26(31-27(3,4)30-24)20-25(18-23(28)14-6-2)29-21-22-15-11-10-12-16-22/h6,10-12,15-16,23-26,28H,2,5,7-9,13-14,17-21H2,1,3-4H3/t23?,24-,25+,26-/m1/s1. The highest BCUT2D eigenvalue weighted by Gasteiger charge is 2.36. The summed E-state index contributed by atoms with van der Waals surface area (Å²) in [5.41, 5.74) is 1.14. The van der Waals surface area contributed by atoms with Crippen molar-refractivity contribution in [3.63, 3.8) is 0 Å². The van der Waals surface area contributed by atoms with Crippen molar-refractivity contribution in [3.8, 4) is 0 Å². The molecular weight excluding hydrogens is 388 g/mol. The van der Waals surface area contributed by atoms with E-state index in [0.717, 1.165) is 24.8 Å². The third-order valence-corrected chi connectivity index (χ3v) is 5.88. The quantitative estimate of drug-likeness (QED) is 0.252. The smallest absolute Gasteiger partial charge is 0.163 e. The Morgan fingerprint density at radius 2 is 1.84 bits per heavy atom. The van der Waals surface area contributed by atoms with Gasteiger partial charge in [0.1, 0.15) is 0 Å². The van der Waals surface area contributed by atoms with Gasteiger partial charge in [0, 0.05) is 12.8 Å². The molecule has 2 rings (SSSR count). The SMILES string of the molecule is C=CCC(O)C[C@@H](C[C@H]1C[C@@H](CCCCCCC)OC(C)(C)O1)OCc1ccccc1. The first-order valence-corrected chi connectivity index (χ1v) is 12.2. The van der Waals surface area contributed by atoms with Crippen LogP contribution in [0.2, 0.25) is 0 Å². The van der Waals surface area contributed by atoms with Gasteiger partial charge in [-0.2, -0.15) is 0 Å². The molecule has 176 valence electrons. The molecule has 1 aliphatic rings. The monoisotopic (exact) mass is 432 g/mol. The molecule has 0 aliphatic carbocycles. The lowest BCUT2D eigenvalue weighted by molar-refractivity contribution is -0.304. The molecule has 1 heterocycles. The summed E-state index contributed by atoms with van der Waals surface area (Å²) in [4.78, 5) is 0. The van der Waals surface area contributed by atoms with Gasteiger partial charge < -0.3 is 19.3 Å². The molecule has 0 spiro atoms. The number of rotatable bonds is 15. The van der Waals surface area contributed by atoms with Crippen LogP contribution in [-0.2, 0) is 20.8 Å². The van der Waals surface area contributed by atoms with Crippen molar-refractivity contribution in [1.29, 1.82) is 0 Å². The van der Waals surface area contributed by atoms with E-state index in [1.807, 2.05) is 32.0 Å². The molecule has 4 nitrogen and oxygen atoms in total. The fraction of sp³-hybridized carbons (Fsp3) is 0.704.